The summed E-state index contributed by atoms with van der Waals surface area (Å²) >= 11 is 0. The molecule has 0 bridgehead atoms. The lowest BCUT2D eigenvalue weighted by molar-refractivity contribution is 0.0572. The fourth-order valence-corrected chi connectivity index (χ4v) is 1.94. The number of halogens is 2. The van der Waals surface area contributed by atoms with Crippen molar-refractivity contribution < 1.29 is 19.0 Å². The van der Waals surface area contributed by atoms with Gasteiger partial charge in [-0.3, -0.25) is 4.90 Å². The normalized spacial score (nSPS) is 26.2. The molecule has 0 aromatic heterocycles. The molecule has 1 heterocycles. The summed E-state index contributed by atoms with van der Waals surface area (Å²) in [6, 6.07) is 3.32. The lowest BCUT2D eigenvalue weighted by atomic mass is 10.2. The van der Waals surface area contributed by atoms with Gasteiger partial charge in [0.05, 0.1) is 12.2 Å². The van der Waals surface area contributed by atoms with E-state index in [1.165, 1.54) is 12.1 Å². The molecule has 88 valence electrons. The standard InChI is InChI=1S/C11H13F2NO2/c12-8-1-7(2-9(13)3-8)4-14-5-10(15)11(16)6-14/h1-3,10-11,15-16H,4-6H2/t10-,11+. The van der Waals surface area contributed by atoms with Crippen LogP contribution in [0.1, 0.15) is 5.56 Å². The van der Waals surface area contributed by atoms with Crippen molar-refractivity contribution in [2.75, 3.05) is 13.1 Å². The van der Waals surface area contributed by atoms with E-state index in [-0.39, 0.29) is 0 Å². The van der Waals surface area contributed by atoms with Gasteiger partial charge >= 0.3 is 0 Å². The second-order valence-corrected chi connectivity index (χ2v) is 4.11. The number of likely N-dealkylation sites (tertiary alicyclic amines) is 1. The Hall–Kier alpha value is -1.04. The third kappa shape index (κ3) is 2.55. The molecular weight excluding hydrogens is 216 g/mol. The highest BCUT2D eigenvalue weighted by Gasteiger charge is 2.29. The van der Waals surface area contributed by atoms with Gasteiger partial charge in [-0.25, -0.2) is 8.78 Å². The van der Waals surface area contributed by atoms with E-state index in [2.05, 4.69) is 0 Å². The maximum Gasteiger partial charge on any atom is 0.126 e. The number of β-amino-alcohol motifs (C(OH)–C–C–N with tert-alkyl or cyclic N) is 2. The Morgan fingerprint density at radius 3 is 2.06 bits per heavy atom. The van der Waals surface area contributed by atoms with Crippen molar-refractivity contribution in [3.05, 3.63) is 35.4 Å². The molecule has 2 atom stereocenters. The van der Waals surface area contributed by atoms with E-state index >= 15 is 0 Å². The van der Waals surface area contributed by atoms with E-state index in [4.69, 9.17) is 0 Å². The van der Waals surface area contributed by atoms with E-state index in [1.54, 1.807) is 4.90 Å². The summed E-state index contributed by atoms with van der Waals surface area (Å²) in [7, 11) is 0. The van der Waals surface area contributed by atoms with Crippen molar-refractivity contribution in [2.45, 2.75) is 18.8 Å². The number of aliphatic hydroxyl groups excluding tert-OH is 2. The molecule has 1 aromatic rings. The van der Waals surface area contributed by atoms with E-state index in [1.807, 2.05) is 0 Å². The molecule has 0 saturated carbocycles. The van der Waals surface area contributed by atoms with Gasteiger partial charge in [0.1, 0.15) is 11.6 Å². The van der Waals surface area contributed by atoms with Crippen LogP contribution in [-0.4, -0.2) is 40.4 Å². The Morgan fingerprint density at radius 1 is 1.06 bits per heavy atom. The fourth-order valence-electron chi connectivity index (χ4n) is 1.94. The third-order valence-corrected chi connectivity index (χ3v) is 2.66. The molecule has 1 fully saturated rings. The van der Waals surface area contributed by atoms with E-state index in [0.29, 0.717) is 25.2 Å². The summed E-state index contributed by atoms with van der Waals surface area (Å²) in [6.45, 7) is 0.960. The smallest absolute Gasteiger partial charge is 0.126 e. The molecule has 2 rings (SSSR count). The van der Waals surface area contributed by atoms with Crippen molar-refractivity contribution >= 4 is 0 Å². The van der Waals surface area contributed by atoms with Crippen LogP contribution < -0.4 is 0 Å². The summed E-state index contributed by atoms with van der Waals surface area (Å²) < 4.78 is 25.8. The summed E-state index contributed by atoms with van der Waals surface area (Å²) in [5, 5.41) is 18.6. The summed E-state index contributed by atoms with van der Waals surface area (Å²) in [6.07, 6.45) is -1.56. The second-order valence-electron chi connectivity index (χ2n) is 4.11. The van der Waals surface area contributed by atoms with Crippen LogP contribution in [0.15, 0.2) is 18.2 Å². The minimum atomic E-state index is -0.779. The Labute approximate surface area is 91.9 Å². The van der Waals surface area contributed by atoms with Gasteiger partial charge in [0.25, 0.3) is 0 Å². The van der Waals surface area contributed by atoms with Crippen molar-refractivity contribution in [1.29, 1.82) is 0 Å². The zero-order valence-electron chi connectivity index (χ0n) is 8.61. The number of hydrogen-bond acceptors (Lipinski definition) is 3. The first kappa shape index (κ1) is 11.4. The molecule has 0 amide bonds. The molecule has 1 aliphatic heterocycles. The Bertz CT molecular complexity index is 356. The van der Waals surface area contributed by atoms with Gasteiger partial charge in [0.2, 0.25) is 0 Å². The predicted molar refractivity (Wildman–Crippen MR) is 53.6 cm³/mol. The number of nitrogens with zero attached hydrogens (tertiary/aromatic N) is 1. The van der Waals surface area contributed by atoms with Gasteiger partial charge in [-0.05, 0) is 17.7 Å². The highest BCUT2D eigenvalue weighted by molar-refractivity contribution is 5.18. The van der Waals surface area contributed by atoms with Gasteiger partial charge in [-0.1, -0.05) is 0 Å². The SMILES string of the molecule is O[C@@H]1CN(Cc2cc(F)cc(F)c2)C[C@@H]1O. The van der Waals surface area contributed by atoms with Crippen LogP contribution in [0.5, 0.6) is 0 Å². The molecule has 5 heteroatoms. The highest BCUT2D eigenvalue weighted by Crippen LogP contribution is 2.15. The first-order chi connectivity index (χ1) is 7.54. The van der Waals surface area contributed by atoms with E-state index in [9.17, 15) is 19.0 Å². The topological polar surface area (TPSA) is 43.7 Å². The number of rotatable bonds is 2. The van der Waals surface area contributed by atoms with Crippen LogP contribution in [0, 0.1) is 11.6 Å². The zero-order valence-corrected chi connectivity index (χ0v) is 8.61. The molecule has 0 radical (unpaired) electrons. The van der Waals surface area contributed by atoms with Gasteiger partial charge in [0.15, 0.2) is 0 Å². The predicted octanol–water partition coefficient (Wildman–Crippen LogP) is 0.502. The van der Waals surface area contributed by atoms with Crippen molar-refractivity contribution in [1.82, 2.24) is 4.90 Å². The number of benzene rings is 1. The molecular formula is C11H13F2NO2. The third-order valence-electron chi connectivity index (χ3n) is 2.66. The minimum Gasteiger partial charge on any atom is -0.389 e. The molecule has 2 N–H and O–H groups in total. The van der Waals surface area contributed by atoms with Gasteiger partial charge in [0, 0.05) is 25.7 Å². The van der Waals surface area contributed by atoms with Crippen LogP contribution in [0.2, 0.25) is 0 Å². The average Bonchev–Trinajstić information content (AvgIpc) is 2.43. The molecule has 1 aromatic carbocycles. The molecule has 0 aliphatic carbocycles. The second kappa shape index (κ2) is 4.45. The number of hydrogen-bond donors (Lipinski definition) is 2. The van der Waals surface area contributed by atoms with Crippen molar-refractivity contribution in [3.63, 3.8) is 0 Å². The molecule has 0 unspecified atom stereocenters. The van der Waals surface area contributed by atoms with Crippen LogP contribution >= 0.6 is 0 Å². The quantitative estimate of drug-likeness (QED) is 0.776. The fraction of sp³-hybridized carbons (Fsp3) is 0.455. The van der Waals surface area contributed by atoms with Crippen LogP contribution in [0.3, 0.4) is 0 Å². The van der Waals surface area contributed by atoms with Gasteiger partial charge in [-0.15, -0.1) is 0 Å². The van der Waals surface area contributed by atoms with Crippen molar-refractivity contribution in [2.24, 2.45) is 0 Å². The lowest BCUT2D eigenvalue weighted by Crippen LogP contribution is -2.22. The average molecular weight is 229 g/mol. The monoisotopic (exact) mass is 229 g/mol. The molecule has 1 saturated heterocycles. The molecule has 1 aliphatic rings. The highest BCUT2D eigenvalue weighted by atomic mass is 19.1. The Kier molecular flexibility index (Phi) is 3.18. The van der Waals surface area contributed by atoms with Crippen LogP contribution in [0.25, 0.3) is 0 Å². The van der Waals surface area contributed by atoms with Crippen molar-refractivity contribution in [3.8, 4) is 0 Å². The first-order valence-corrected chi connectivity index (χ1v) is 5.08. The van der Waals surface area contributed by atoms with Crippen LogP contribution in [0.4, 0.5) is 8.78 Å². The minimum absolute atomic E-state index is 0.319. The van der Waals surface area contributed by atoms with Gasteiger partial charge in [-0.2, -0.15) is 0 Å². The maximum absolute atomic E-state index is 12.9. The largest absolute Gasteiger partial charge is 0.389 e. The number of aliphatic hydroxyl groups is 2. The maximum atomic E-state index is 12.9. The summed E-state index contributed by atoms with van der Waals surface area (Å²) in [4.78, 5) is 1.75. The summed E-state index contributed by atoms with van der Waals surface area (Å²) in [5.74, 6) is -1.23. The van der Waals surface area contributed by atoms with Crippen LogP contribution in [-0.2, 0) is 6.54 Å². The molecule has 16 heavy (non-hydrogen) atoms. The molecule has 3 nitrogen and oxygen atoms in total. The van der Waals surface area contributed by atoms with Gasteiger partial charge < -0.3 is 10.2 Å². The Morgan fingerprint density at radius 2 is 1.56 bits per heavy atom. The van der Waals surface area contributed by atoms with E-state index < -0.39 is 23.8 Å². The lowest BCUT2D eigenvalue weighted by Gasteiger charge is -2.14. The zero-order chi connectivity index (χ0) is 11.7. The van der Waals surface area contributed by atoms with E-state index in [0.717, 1.165) is 6.07 Å². The molecule has 0 spiro atoms. The summed E-state index contributed by atoms with van der Waals surface area (Å²) in [5.41, 5.74) is 0.499. The first-order valence-electron chi connectivity index (χ1n) is 5.08. The Balaban J connectivity index is 2.04.